The van der Waals surface area contributed by atoms with Crippen molar-refractivity contribution < 1.29 is 13.5 Å². The van der Waals surface area contributed by atoms with Crippen LogP contribution in [-0.2, 0) is 10.0 Å². The van der Waals surface area contributed by atoms with Gasteiger partial charge in [0.2, 0.25) is 10.0 Å². The Morgan fingerprint density at radius 3 is 2.80 bits per heavy atom. The van der Waals surface area contributed by atoms with E-state index in [0.29, 0.717) is 24.3 Å². The second-order valence-corrected chi connectivity index (χ2v) is 7.52. The average molecular weight is 318 g/mol. The predicted molar refractivity (Wildman–Crippen MR) is 84.3 cm³/mol. The lowest BCUT2D eigenvalue weighted by Crippen LogP contribution is -2.37. The maximum atomic E-state index is 11.9. The highest BCUT2D eigenvalue weighted by Gasteiger charge is 2.16. The van der Waals surface area contributed by atoms with Crippen LogP contribution in [0.2, 0.25) is 0 Å². The summed E-state index contributed by atoms with van der Waals surface area (Å²) < 4.78 is 26.4. The Morgan fingerprint density at radius 2 is 2.20 bits per heavy atom. The normalized spacial score (nSPS) is 13.3. The molecular formula is C13H22N2O3S2. The number of sulfonamides is 1. The molecule has 7 heteroatoms. The first-order chi connectivity index (χ1) is 9.46. The van der Waals surface area contributed by atoms with E-state index in [2.05, 4.69) is 4.72 Å². The molecule has 1 aromatic carbocycles. The highest BCUT2D eigenvalue weighted by Crippen LogP contribution is 2.20. The lowest BCUT2D eigenvalue weighted by molar-refractivity contribution is 0.270. The monoisotopic (exact) mass is 318 g/mol. The van der Waals surface area contributed by atoms with Crippen LogP contribution in [-0.4, -0.2) is 37.7 Å². The Morgan fingerprint density at radius 1 is 1.45 bits per heavy atom. The third-order valence-electron chi connectivity index (χ3n) is 2.80. The van der Waals surface area contributed by atoms with Gasteiger partial charge in [0.25, 0.3) is 0 Å². The number of aliphatic hydroxyl groups excluding tert-OH is 1. The molecule has 0 aromatic heterocycles. The molecule has 1 aromatic rings. The number of hydrogen-bond donors (Lipinski definition) is 3. The standard InChI is InChI=1S/C13H22N2O3S2/c1-2-12(6-7-16)15-20(17,18)9-8-19-13-5-3-4-11(14)10-13/h3-5,10,12,15-16H,2,6-9,14H2,1H3. The van der Waals surface area contributed by atoms with E-state index in [1.165, 1.54) is 11.8 Å². The van der Waals surface area contributed by atoms with Crippen LogP contribution in [0, 0.1) is 0 Å². The van der Waals surface area contributed by atoms with Gasteiger partial charge in [0.05, 0.1) is 5.75 Å². The van der Waals surface area contributed by atoms with E-state index in [9.17, 15) is 8.42 Å². The molecule has 1 rings (SSSR count). The smallest absolute Gasteiger partial charge is 0.212 e. The molecule has 114 valence electrons. The second kappa shape index (κ2) is 8.51. The first kappa shape index (κ1) is 17.3. The summed E-state index contributed by atoms with van der Waals surface area (Å²) >= 11 is 1.46. The molecule has 0 saturated carbocycles. The summed E-state index contributed by atoms with van der Waals surface area (Å²) in [6, 6.07) is 7.18. The number of nitrogens with one attached hydrogen (secondary N) is 1. The van der Waals surface area contributed by atoms with Gasteiger partial charge in [-0.25, -0.2) is 13.1 Å². The van der Waals surface area contributed by atoms with E-state index in [-0.39, 0.29) is 18.4 Å². The molecule has 0 heterocycles. The molecule has 0 radical (unpaired) electrons. The Hall–Kier alpha value is -0.760. The van der Waals surface area contributed by atoms with Crippen molar-refractivity contribution in [2.75, 3.05) is 23.8 Å². The quantitative estimate of drug-likeness (QED) is 0.473. The number of hydrogen-bond acceptors (Lipinski definition) is 5. The first-order valence-corrected chi connectivity index (χ1v) is 9.20. The minimum Gasteiger partial charge on any atom is -0.399 e. The molecule has 0 aliphatic rings. The van der Waals surface area contributed by atoms with Crippen LogP contribution >= 0.6 is 11.8 Å². The van der Waals surface area contributed by atoms with E-state index in [1.54, 1.807) is 6.07 Å². The molecule has 5 nitrogen and oxygen atoms in total. The van der Waals surface area contributed by atoms with Gasteiger partial charge in [-0.2, -0.15) is 0 Å². The molecule has 0 aliphatic heterocycles. The lowest BCUT2D eigenvalue weighted by atomic mass is 10.2. The number of benzene rings is 1. The maximum Gasteiger partial charge on any atom is 0.212 e. The lowest BCUT2D eigenvalue weighted by Gasteiger charge is -2.15. The van der Waals surface area contributed by atoms with Crippen LogP contribution < -0.4 is 10.5 Å². The fraction of sp³-hybridized carbons (Fsp3) is 0.538. The van der Waals surface area contributed by atoms with Crippen molar-refractivity contribution in [3.8, 4) is 0 Å². The van der Waals surface area contributed by atoms with Crippen molar-refractivity contribution in [3.63, 3.8) is 0 Å². The van der Waals surface area contributed by atoms with Crippen LogP contribution in [0.5, 0.6) is 0 Å². The van der Waals surface area contributed by atoms with E-state index in [0.717, 1.165) is 4.90 Å². The summed E-state index contributed by atoms with van der Waals surface area (Å²) in [7, 11) is -3.31. The van der Waals surface area contributed by atoms with Gasteiger partial charge in [0.15, 0.2) is 0 Å². The highest BCUT2D eigenvalue weighted by atomic mass is 32.2. The van der Waals surface area contributed by atoms with Crippen molar-refractivity contribution in [2.45, 2.75) is 30.7 Å². The molecule has 20 heavy (non-hydrogen) atoms. The number of aliphatic hydroxyl groups is 1. The van der Waals surface area contributed by atoms with Crippen LogP contribution in [0.15, 0.2) is 29.2 Å². The summed E-state index contributed by atoms with van der Waals surface area (Å²) in [6.45, 7) is 1.88. The molecule has 0 amide bonds. The van der Waals surface area contributed by atoms with Crippen LogP contribution in [0.1, 0.15) is 19.8 Å². The first-order valence-electron chi connectivity index (χ1n) is 6.56. The number of anilines is 1. The fourth-order valence-electron chi connectivity index (χ4n) is 1.69. The van der Waals surface area contributed by atoms with E-state index in [4.69, 9.17) is 10.8 Å². The van der Waals surface area contributed by atoms with Gasteiger partial charge in [0.1, 0.15) is 0 Å². The second-order valence-electron chi connectivity index (χ2n) is 4.48. The zero-order valence-electron chi connectivity index (χ0n) is 11.6. The van der Waals surface area contributed by atoms with Gasteiger partial charge in [-0.1, -0.05) is 13.0 Å². The Balaban J connectivity index is 2.43. The topological polar surface area (TPSA) is 92.4 Å². The summed E-state index contributed by atoms with van der Waals surface area (Å²) in [6.07, 6.45) is 1.11. The summed E-state index contributed by atoms with van der Waals surface area (Å²) in [5.41, 5.74) is 6.34. The van der Waals surface area contributed by atoms with Crippen LogP contribution in [0.4, 0.5) is 5.69 Å². The number of thioether (sulfide) groups is 1. The summed E-state index contributed by atoms with van der Waals surface area (Å²) in [4.78, 5) is 0.961. The van der Waals surface area contributed by atoms with Gasteiger partial charge >= 0.3 is 0 Å². The molecule has 0 spiro atoms. The van der Waals surface area contributed by atoms with E-state index >= 15 is 0 Å². The third kappa shape index (κ3) is 6.60. The van der Waals surface area contributed by atoms with Crippen molar-refractivity contribution >= 4 is 27.5 Å². The van der Waals surface area contributed by atoms with E-state index < -0.39 is 10.0 Å². The molecule has 0 fully saturated rings. The Labute approximate surface area is 125 Å². The van der Waals surface area contributed by atoms with Crippen molar-refractivity contribution in [3.05, 3.63) is 24.3 Å². The van der Waals surface area contributed by atoms with Crippen LogP contribution in [0.25, 0.3) is 0 Å². The number of rotatable bonds is 9. The minimum absolute atomic E-state index is 0.0148. The molecule has 0 saturated heterocycles. The molecule has 0 aliphatic carbocycles. The maximum absolute atomic E-state index is 11.9. The number of nitrogen functional groups attached to an aromatic ring is 1. The van der Waals surface area contributed by atoms with Gasteiger partial charge in [0, 0.05) is 29.0 Å². The Kier molecular flexibility index (Phi) is 7.36. The van der Waals surface area contributed by atoms with Crippen LogP contribution in [0.3, 0.4) is 0 Å². The zero-order valence-corrected chi connectivity index (χ0v) is 13.2. The molecule has 1 atom stereocenters. The average Bonchev–Trinajstić information content (AvgIpc) is 2.38. The Bertz CT molecular complexity index is 506. The minimum atomic E-state index is -3.31. The zero-order chi connectivity index (χ0) is 15.0. The van der Waals surface area contributed by atoms with E-state index in [1.807, 2.05) is 25.1 Å². The van der Waals surface area contributed by atoms with Crippen molar-refractivity contribution in [1.29, 1.82) is 0 Å². The number of nitrogens with two attached hydrogens (primary N) is 1. The highest BCUT2D eigenvalue weighted by molar-refractivity contribution is 8.00. The van der Waals surface area contributed by atoms with Crippen molar-refractivity contribution in [2.24, 2.45) is 0 Å². The SMILES string of the molecule is CCC(CCO)NS(=O)(=O)CCSc1cccc(N)c1. The molecule has 1 unspecified atom stereocenters. The molecular weight excluding hydrogens is 296 g/mol. The van der Waals surface area contributed by atoms with Gasteiger partial charge in [-0.05, 0) is 31.0 Å². The third-order valence-corrected chi connectivity index (χ3v) is 5.48. The summed E-state index contributed by atoms with van der Waals surface area (Å²) in [5, 5.41) is 8.86. The fourth-order valence-corrected chi connectivity index (χ4v) is 4.44. The largest absolute Gasteiger partial charge is 0.399 e. The van der Waals surface area contributed by atoms with Gasteiger partial charge in [-0.3, -0.25) is 0 Å². The van der Waals surface area contributed by atoms with Crippen molar-refractivity contribution in [1.82, 2.24) is 4.72 Å². The molecule has 0 bridgehead atoms. The predicted octanol–water partition coefficient (Wildman–Crippen LogP) is 1.44. The van der Waals surface area contributed by atoms with Gasteiger partial charge < -0.3 is 10.8 Å². The summed E-state index contributed by atoms with van der Waals surface area (Å²) in [5.74, 6) is 0.517. The van der Waals surface area contributed by atoms with Gasteiger partial charge in [-0.15, -0.1) is 11.8 Å². The molecule has 4 N–H and O–H groups in total.